The number of halogens is 3. The van der Waals surface area contributed by atoms with E-state index >= 15 is 0 Å². The molecule has 1 heterocycles. The predicted octanol–water partition coefficient (Wildman–Crippen LogP) is 2.67. The lowest BCUT2D eigenvalue weighted by Crippen LogP contribution is -2.41. The van der Waals surface area contributed by atoms with Crippen LogP contribution in [0.1, 0.15) is 33.1 Å². The SMILES string of the molecule is CC(C)N(CCCOCC(F)(F)F)CC1CCCNC1. The Morgan fingerprint density at radius 3 is 2.65 bits per heavy atom. The van der Waals surface area contributed by atoms with Gasteiger partial charge in [-0.05, 0) is 52.1 Å². The second-order valence-corrected chi connectivity index (χ2v) is 5.82. The predicted molar refractivity (Wildman–Crippen MR) is 73.8 cm³/mol. The van der Waals surface area contributed by atoms with E-state index in [1.807, 2.05) is 0 Å². The Kier molecular flexibility index (Phi) is 7.84. The highest BCUT2D eigenvalue weighted by Crippen LogP contribution is 2.15. The minimum absolute atomic E-state index is 0.172. The molecule has 20 heavy (non-hydrogen) atoms. The van der Waals surface area contributed by atoms with Crippen molar-refractivity contribution in [2.75, 3.05) is 39.4 Å². The van der Waals surface area contributed by atoms with Crippen LogP contribution in [0.2, 0.25) is 0 Å². The van der Waals surface area contributed by atoms with E-state index in [1.54, 1.807) is 0 Å². The van der Waals surface area contributed by atoms with Gasteiger partial charge in [0.2, 0.25) is 0 Å². The second-order valence-electron chi connectivity index (χ2n) is 5.82. The van der Waals surface area contributed by atoms with E-state index in [4.69, 9.17) is 0 Å². The number of hydrogen-bond acceptors (Lipinski definition) is 3. The second kappa shape index (κ2) is 8.85. The topological polar surface area (TPSA) is 24.5 Å². The first-order valence-electron chi connectivity index (χ1n) is 7.48. The minimum Gasteiger partial charge on any atom is -0.372 e. The maximum Gasteiger partial charge on any atom is 0.411 e. The Hall–Kier alpha value is -0.330. The van der Waals surface area contributed by atoms with Gasteiger partial charge in [0.25, 0.3) is 0 Å². The van der Waals surface area contributed by atoms with Crippen LogP contribution in [0, 0.1) is 5.92 Å². The van der Waals surface area contributed by atoms with Gasteiger partial charge >= 0.3 is 6.18 Å². The van der Waals surface area contributed by atoms with E-state index in [2.05, 4.69) is 28.8 Å². The van der Waals surface area contributed by atoms with Crippen molar-refractivity contribution in [2.24, 2.45) is 5.92 Å². The third-order valence-electron chi connectivity index (χ3n) is 3.62. The van der Waals surface area contributed by atoms with Crippen LogP contribution in [-0.4, -0.2) is 56.5 Å². The van der Waals surface area contributed by atoms with Gasteiger partial charge in [-0.1, -0.05) is 0 Å². The average molecular weight is 296 g/mol. The molecule has 0 saturated carbocycles. The summed E-state index contributed by atoms with van der Waals surface area (Å²) in [6, 6.07) is 0.416. The van der Waals surface area contributed by atoms with Crippen LogP contribution in [0.5, 0.6) is 0 Å². The van der Waals surface area contributed by atoms with Gasteiger partial charge in [0, 0.05) is 25.7 Å². The van der Waals surface area contributed by atoms with Crippen LogP contribution in [0.25, 0.3) is 0 Å². The lowest BCUT2D eigenvalue weighted by atomic mass is 9.98. The molecule has 1 aliphatic heterocycles. The van der Waals surface area contributed by atoms with E-state index in [0.29, 0.717) is 18.4 Å². The number of nitrogens with zero attached hydrogens (tertiary/aromatic N) is 1. The summed E-state index contributed by atoms with van der Waals surface area (Å²) >= 11 is 0. The molecule has 1 atom stereocenters. The van der Waals surface area contributed by atoms with E-state index in [-0.39, 0.29) is 6.61 Å². The molecule has 0 spiro atoms. The minimum atomic E-state index is -4.22. The van der Waals surface area contributed by atoms with Gasteiger partial charge in [-0.2, -0.15) is 13.2 Å². The summed E-state index contributed by atoms with van der Waals surface area (Å²) in [7, 11) is 0. The Morgan fingerprint density at radius 2 is 2.10 bits per heavy atom. The first-order chi connectivity index (χ1) is 9.38. The zero-order chi connectivity index (χ0) is 15.0. The molecule has 1 fully saturated rings. The third-order valence-corrected chi connectivity index (χ3v) is 3.62. The summed E-state index contributed by atoms with van der Waals surface area (Å²) in [5.41, 5.74) is 0. The average Bonchev–Trinajstić information content (AvgIpc) is 2.36. The molecule has 120 valence electrons. The molecule has 3 nitrogen and oxygen atoms in total. The van der Waals surface area contributed by atoms with Crippen LogP contribution in [0.4, 0.5) is 13.2 Å². The van der Waals surface area contributed by atoms with Gasteiger partial charge < -0.3 is 15.0 Å². The summed E-state index contributed by atoms with van der Waals surface area (Å²) in [5, 5.41) is 3.40. The standard InChI is InChI=1S/C14H27F3N2O/c1-12(2)19(10-13-5-3-6-18-9-13)7-4-8-20-11-14(15,16)17/h12-13,18H,3-11H2,1-2H3. The van der Waals surface area contributed by atoms with Gasteiger partial charge in [0.05, 0.1) is 0 Å². The van der Waals surface area contributed by atoms with Crippen LogP contribution >= 0.6 is 0 Å². The summed E-state index contributed by atoms with van der Waals surface area (Å²) in [5.74, 6) is 0.655. The normalized spacial score (nSPS) is 20.9. The van der Waals surface area contributed by atoms with Crippen molar-refractivity contribution in [1.29, 1.82) is 0 Å². The van der Waals surface area contributed by atoms with Crippen LogP contribution in [-0.2, 0) is 4.74 Å². The Morgan fingerprint density at radius 1 is 1.35 bits per heavy atom. The number of hydrogen-bond donors (Lipinski definition) is 1. The zero-order valence-corrected chi connectivity index (χ0v) is 12.5. The van der Waals surface area contributed by atoms with Gasteiger partial charge in [-0.3, -0.25) is 0 Å². The first-order valence-corrected chi connectivity index (χ1v) is 7.48. The summed E-state index contributed by atoms with van der Waals surface area (Å²) in [6.07, 6.45) is -1.12. The van der Waals surface area contributed by atoms with E-state index < -0.39 is 12.8 Å². The summed E-state index contributed by atoms with van der Waals surface area (Å²) in [6.45, 7) is 7.26. The molecule has 0 aliphatic carbocycles. The van der Waals surface area contributed by atoms with Crippen molar-refractivity contribution in [3.63, 3.8) is 0 Å². The highest BCUT2D eigenvalue weighted by Gasteiger charge is 2.27. The smallest absolute Gasteiger partial charge is 0.372 e. The van der Waals surface area contributed by atoms with Crippen molar-refractivity contribution in [2.45, 2.75) is 45.3 Å². The van der Waals surface area contributed by atoms with Gasteiger partial charge in [-0.25, -0.2) is 0 Å². The van der Waals surface area contributed by atoms with Crippen molar-refractivity contribution >= 4 is 0 Å². The fraction of sp³-hybridized carbons (Fsp3) is 1.00. The molecule has 1 unspecified atom stereocenters. The number of nitrogens with one attached hydrogen (secondary N) is 1. The fourth-order valence-electron chi connectivity index (χ4n) is 2.53. The number of rotatable bonds is 8. The lowest BCUT2D eigenvalue weighted by molar-refractivity contribution is -0.174. The van der Waals surface area contributed by atoms with Crippen LogP contribution < -0.4 is 5.32 Å². The molecule has 1 saturated heterocycles. The quantitative estimate of drug-likeness (QED) is 0.697. The summed E-state index contributed by atoms with van der Waals surface area (Å²) in [4.78, 5) is 2.34. The third kappa shape index (κ3) is 8.07. The first kappa shape index (κ1) is 17.7. The molecule has 1 rings (SSSR count). The maximum absolute atomic E-state index is 11.9. The number of alkyl halides is 3. The number of ether oxygens (including phenoxy) is 1. The zero-order valence-electron chi connectivity index (χ0n) is 12.5. The monoisotopic (exact) mass is 296 g/mol. The highest BCUT2D eigenvalue weighted by atomic mass is 19.4. The van der Waals surface area contributed by atoms with Crippen LogP contribution in [0.3, 0.4) is 0 Å². The van der Waals surface area contributed by atoms with Gasteiger partial charge in [-0.15, -0.1) is 0 Å². The highest BCUT2D eigenvalue weighted by molar-refractivity contribution is 4.74. The molecule has 6 heteroatoms. The van der Waals surface area contributed by atoms with Crippen molar-refractivity contribution < 1.29 is 17.9 Å². The molecular formula is C14H27F3N2O. The molecule has 1 N–H and O–H groups in total. The van der Waals surface area contributed by atoms with E-state index in [1.165, 1.54) is 12.8 Å². The molecule has 0 aromatic carbocycles. The Labute approximate surface area is 119 Å². The Balaban J connectivity index is 2.18. The fourth-order valence-corrected chi connectivity index (χ4v) is 2.53. The molecule has 0 radical (unpaired) electrons. The van der Waals surface area contributed by atoms with Gasteiger partial charge in [0.15, 0.2) is 0 Å². The van der Waals surface area contributed by atoms with E-state index in [0.717, 1.165) is 26.2 Å². The number of piperidine rings is 1. The molecule has 0 bridgehead atoms. The van der Waals surface area contributed by atoms with Crippen molar-refractivity contribution in [3.05, 3.63) is 0 Å². The van der Waals surface area contributed by atoms with Crippen LogP contribution in [0.15, 0.2) is 0 Å². The molecule has 1 aliphatic rings. The maximum atomic E-state index is 11.9. The van der Waals surface area contributed by atoms with Crippen molar-refractivity contribution in [3.8, 4) is 0 Å². The molecule has 0 aromatic rings. The molecule has 0 aromatic heterocycles. The largest absolute Gasteiger partial charge is 0.411 e. The van der Waals surface area contributed by atoms with Crippen molar-refractivity contribution in [1.82, 2.24) is 10.2 Å². The lowest BCUT2D eigenvalue weighted by Gasteiger charge is -2.32. The van der Waals surface area contributed by atoms with E-state index in [9.17, 15) is 13.2 Å². The summed E-state index contributed by atoms with van der Waals surface area (Å²) < 4.78 is 40.5. The molecule has 0 amide bonds. The van der Waals surface area contributed by atoms with Gasteiger partial charge in [0.1, 0.15) is 6.61 Å². The molecular weight excluding hydrogens is 269 g/mol. The Bertz CT molecular complexity index is 253.